The first-order valence-electron chi connectivity index (χ1n) is 15.3. The van der Waals surface area contributed by atoms with Crippen molar-refractivity contribution in [3.63, 3.8) is 0 Å². The number of benzene rings is 2. The Morgan fingerprint density at radius 1 is 1.24 bits per heavy atom. The smallest absolute Gasteiger partial charge is 0.261 e. The lowest BCUT2D eigenvalue weighted by Crippen LogP contribution is -2.58. The van der Waals surface area contributed by atoms with Gasteiger partial charge in [-0.15, -0.1) is 0 Å². The van der Waals surface area contributed by atoms with Gasteiger partial charge < -0.3 is 20.6 Å². The SMILES string of the molecule is Cc1ccc(CCn2cnc3cc(N/C(=N/[C@H]4C[C@@H]5C[C@H]([C@@H]4C)C5(C)C)N4CCNC(CO)C4)ccc3c2=O)c(F)c1. The molecule has 7 rings (SSSR count). The minimum Gasteiger partial charge on any atom is -0.395 e. The first-order chi connectivity index (χ1) is 20.1. The van der Waals surface area contributed by atoms with Crippen LogP contribution >= 0.6 is 0 Å². The van der Waals surface area contributed by atoms with Gasteiger partial charge >= 0.3 is 0 Å². The molecule has 5 atom stereocenters. The highest BCUT2D eigenvalue weighted by Crippen LogP contribution is 2.61. The molecule has 4 fully saturated rings. The summed E-state index contributed by atoms with van der Waals surface area (Å²) < 4.78 is 15.9. The van der Waals surface area contributed by atoms with Gasteiger partial charge in [-0.05, 0) is 84.7 Å². The topological polar surface area (TPSA) is 94.8 Å². The number of aliphatic hydroxyl groups is 1. The summed E-state index contributed by atoms with van der Waals surface area (Å²) in [5.41, 5.74) is 3.13. The lowest BCUT2D eigenvalue weighted by atomic mass is 9.45. The lowest BCUT2D eigenvalue weighted by Gasteiger charge is -2.61. The van der Waals surface area contributed by atoms with E-state index in [0.717, 1.165) is 36.7 Å². The summed E-state index contributed by atoms with van der Waals surface area (Å²) in [4.78, 5) is 25.4. The van der Waals surface area contributed by atoms with Crippen LogP contribution in [0.2, 0.25) is 0 Å². The van der Waals surface area contributed by atoms with Crippen LogP contribution in [-0.4, -0.2) is 63.8 Å². The molecule has 2 aromatic carbocycles. The molecular weight excluding hydrogens is 531 g/mol. The summed E-state index contributed by atoms with van der Waals surface area (Å²) >= 11 is 0. The van der Waals surface area contributed by atoms with Crippen LogP contribution in [0.1, 0.15) is 44.7 Å². The van der Waals surface area contributed by atoms with Crippen LogP contribution in [0, 0.1) is 35.9 Å². The average molecular weight is 575 g/mol. The van der Waals surface area contributed by atoms with Crippen molar-refractivity contribution in [2.24, 2.45) is 28.2 Å². The van der Waals surface area contributed by atoms with Crippen LogP contribution in [0.4, 0.5) is 10.1 Å². The van der Waals surface area contributed by atoms with Crippen molar-refractivity contribution in [3.05, 3.63) is 70.0 Å². The summed E-state index contributed by atoms with van der Waals surface area (Å²) in [6, 6.07) is 11.0. The quantitative estimate of drug-likeness (QED) is 0.302. The molecule has 1 unspecified atom stereocenters. The second-order valence-electron chi connectivity index (χ2n) is 13.2. The summed E-state index contributed by atoms with van der Waals surface area (Å²) in [5.74, 6) is 2.47. The number of piperazine rings is 1. The standard InChI is InChI=1S/C33H43FN6O2/c1-20-5-6-22(28(34)13-20)9-11-40-19-36-30-16-24(7-8-26(30)31(40)42)37-32(39-12-10-35-25(17-39)18-41)38-29-15-23-14-27(21(29)2)33(23,3)4/h5-8,13,16,19,21,23,25,27,29,35,41H,9-12,14-15,17-18H2,1-4H3,(H,37,38)/t21-,23-,25?,27+,29-/m0/s1. The summed E-state index contributed by atoms with van der Waals surface area (Å²) in [6.45, 7) is 11.7. The normalized spacial score (nSPS) is 27.1. The Bertz CT molecular complexity index is 1550. The van der Waals surface area contributed by atoms with Crippen molar-refractivity contribution in [1.82, 2.24) is 19.8 Å². The number of nitrogens with zero attached hydrogens (tertiary/aromatic N) is 4. The number of aryl methyl sites for hydroxylation is 3. The number of halogens is 1. The third kappa shape index (κ3) is 5.44. The van der Waals surface area contributed by atoms with Crippen molar-refractivity contribution in [2.45, 2.75) is 65.6 Å². The second-order valence-corrected chi connectivity index (χ2v) is 13.2. The summed E-state index contributed by atoms with van der Waals surface area (Å²) in [6.07, 6.45) is 4.36. The fourth-order valence-corrected chi connectivity index (χ4v) is 7.40. The van der Waals surface area contributed by atoms with E-state index in [0.29, 0.717) is 59.1 Å². The van der Waals surface area contributed by atoms with Crippen LogP contribution in [0.15, 0.2) is 52.5 Å². The largest absolute Gasteiger partial charge is 0.395 e. The molecule has 0 spiro atoms. The number of guanidine groups is 1. The highest BCUT2D eigenvalue weighted by Gasteiger charge is 2.56. The summed E-state index contributed by atoms with van der Waals surface area (Å²) in [5, 5.41) is 17.3. The fraction of sp³-hybridized carbons (Fsp3) is 0.545. The van der Waals surface area contributed by atoms with Crippen molar-refractivity contribution in [2.75, 3.05) is 31.6 Å². The van der Waals surface area contributed by atoms with Gasteiger partial charge in [-0.3, -0.25) is 9.36 Å². The molecule has 1 aliphatic heterocycles. The number of aliphatic imine (C=N–C) groups is 1. The number of rotatable bonds is 6. The molecule has 1 saturated heterocycles. The van der Waals surface area contributed by atoms with Gasteiger partial charge in [0, 0.05) is 37.9 Å². The molecule has 2 heterocycles. The van der Waals surface area contributed by atoms with E-state index < -0.39 is 0 Å². The molecule has 0 radical (unpaired) electrons. The lowest BCUT2D eigenvalue weighted by molar-refractivity contribution is -0.108. The second kappa shape index (κ2) is 11.4. The molecule has 224 valence electrons. The van der Waals surface area contributed by atoms with Crippen LogP contribution in [0.5, 0.6) is 0 Å². The Balaban J connectivity index is 1.24. The number of nitrogens with one attached hydrogen (secondary N) is 2. The zero-order chi connectivity index (χ0) is 29.6. The van der Waals surface area contributed by atoms with Crippen LogP contribution in [-0.2, 0) is 13.0 Å². The molecule has 3 saturated carbocycles. The van der Waals surface area contributed by atoms with E-state index >= 15 is 0 Å². The van der Waals surface area contributed by atoms with Gasteiger partial charge in [0.25, 0.3) is 5.56 Å². The molecule has 3 aromatic rings. The highest BCUT2D eigenvalue weighted by atomic mass is 19.1. The number of hydrogen-bond donors (Lipinski definition) is 3. The Hall–Kier alpha value is -3.30. The van der Waals surface area contributed by atoms with Crippen LogP contribution < -0.4 is 16.2 Å². The number of fused-ring (bicyclic) bond motifs is 3. The van der Waals surface area contributed by atoms with Crippen molar-refractivity contribution < 1.29 is 9.50 Å². The van der Waals surface area contributed by atoms with Gasteiger partial charge in [-0.25, -0.2) is 14.4 Å². The zero-order valence-electron chi connectivity index (χ0n) is 25.1. The maximum absolute atomic E-state index is 14.3. The summed E-state index contributed by atoms with van der Waals surface area (Å²) in [7, 11) is 0. The van der Waals surface area contributed by atoms with E-state index in [1.54, 1.807) is 17.0 Å². The van der Waals surface area contributed by atoms with Crippen molar-refractivity contribution in [1.29, 1.82) is 0 Å². The predicted octanol–water partition coefficient (Wildman–Crippen LogP) is 4.19. The Morgan fingerprint density at radius 2 is 2.07 bits per heavy atom. The monoisotopic (exact) mass is 574 g/mol. The average Bonchev–Trinajstić information content (AvgIpc) is 2.98. The van der Waals surface area contributed by atoms with Gasteiger partial charge in [0.15, 0.2) is 5.96 Å². The van der Waals surface area contributed by atoms with Crippen molar-refractivity contribution >= 4 is 22.5 Å². The van der Waals surface area contributed by atoms with Gasteiger partial charge in [-0.2, -0.15) is 0 Å². The first kappa shape index (κ1) is 28.8. The molecule has 0 amide bonds. The molecule has 4 aliphatic rings. The third-order valence-electron chi connectivity index (χ3n) is 10.3. The molecule has 42 heavy (non-hydrogen) atoms. The predicted molar refractivity (Wildman–Crippen MR) is 165 cm³/mol. The van der Waals surface area contributed by atoms with E-state index in [-0.39, 0.29) is 30.1 Å². The Labute approximate surface area is 247 Å². The maximum atomic E-state index is 14.3. The molecule has 8 nitrogen and oxygen atoms in total. The number of aliphatic hydroxyl groups excluding tert-OH is 1. The molecule has 2 bridgehead atoms. The minimum atomic E-state index is -0.247. The Kier molecular flexibility index (Phi) is 7.83. The fourth-order valence-electron chi connectivity index (χ4n) is 7.40. The maximum Gasteiger partial charge on any atom is 0.261 e. The van der Waals surface area contributed by atoms with E-state index in [9.17, 15) is 14.3 Å². The van der Waals surface area contributed by atoms with Gasteiger partial charge in [-0.1, -0.05) is 32.9 Å². The van der Waals surface area contributed by atoms with E-state index in [1.807, 2.05) is 31.2 Å². The van der Waals surface area contributed by atoms with E-state index in [1.165, 1.54) is 12.5 Å². The van der Waals surface area contributed by atoms with Gasteiger partial charge in [0.05, 0.1) is 29.9 Å². The minimum absolute atomic E-state index is 0.00742. The van der Waals surface area contributed by atoms with Crippen LogP contribution in [0.3, 0.4) is 0 Å². The molecular formula is C33H43FN6O2. The number of hydrogen-bond acceptors (Lipinski definition) is 5. The number of aromatic nitrogens is 2. The molecule has 9 heteroatoms. The van der Waals surface area contributed by atoms with Crippen LogP contribution in [0.25, 0.3) is 10.9 Å². The first-order valence-corrected chi connectivity index (χ1v) is 15.3. The molecule has 3 aliphatic carbocycles. The Morgan fingerprint density at radius 3 is 2.81 bits per heavy atom. The van der Waals surface area contributed by atoms with E-state index in [4.69, 9.17) is 4.99 Å². The van der Waals surface area contributed by atoms with Gasteiger partial charge in [0.2, 0.25) is 0 Å². The van der Waals surface area contributed by atoms with Crippen molar-refractivity contribution in [3.8, 4) is 0 Å². The number of anilines is 1. The highest BCUT2D eigenvalue weighted by molar-refractivity contribution is 5.96. The van der Waals surface area contributed by atoms with Gasteiger partial charge in [0.1, 0.15) is 5.82 Å². The van der Waals surface area contributed by atoms with E-state index in [2.05, 4.69) is 41.3 Å². The third-order valence-corrected chi connectivity index (χ3v) is 10.3. The molecule has 3 N–H and O–H groups in total. The molecule has 1 aromatic heterocycles. The zero-order valence-corrected chi connectivity index (χ0v) is 25.1.